The quantitative estimate of drug-likeness (QED) is 0.170. The number of anilines is 3. The van der Waals surface area contributed by atoms with E-state index in [2.05, 4.69) is 210 Å². The van der Waals surface area contributed by atoms with Gasteiger partial charge in [-0.2, -0.15) is 0 Å². The van der Waals surface area contributed by atoms with Crippen LogP contribution in [0.3, 0.4) is 0 Å². The van der Waals surface area contributed by atoms with Crippen LogP contribution >= 0.6 is 0 Å². The maximum atomic E-state index is 6.30. The van der Waals surface area contributed by atoms with Gasteiger partial charge in [0.15, 0.2) is 0 Å². The molecule has 1 heterocycles. The number of fused-ring (bicyclic) bond motifs is 4. The molecular weight excluding hydrogens is 679 g/mol. The normalized spacial score (nSPS) is 12.1. The Hall–Kier alpha value is -6.38. The Balaban J connectivity index is 1.28. The smallest absolute Gasteiger partial charge is 0.135 e. The maximum absolute atomic E-state index is 6.30. The molecule has 0 radical (unpaired) electrons. The van der Waals surface area contributed by atoms with Crippen molar-refractivity contribution in [3.05, 3.63) is 187 Å². The minimum Gasteiger partial charge on any atom is -0.456 e. The third-order valence-corrected chi connectivity index (χ3v) is 11.2. The summed E-state index contributed by atoms with van der Waals surface area (Å²) in [7, 11) is 0. The zero-order chi connectivity index (χ0) is 38.6. The van der Waals surface area contributed by atoms with Gasteiger partial charge in [0.2, 0.25) is 0 Å². The average molecular weight is 726 g/mol. The number of furan rings is 1. The van der Waals surface area contributed by atoms with Crippen LogP contribution in [0.4, 0.5) is 17.1 Å². The van der Waals surface area contributed by atoms with Gasteiger partial charge in [-0.15, -0.1) is 0 Å². The molecule has 0 unspecified atom stereocenters. The van der Waals surface area contributed by atoms with E-state index in [-0.39, 0.29) is 10.8 Å². The lowest BCUT2D eigenvalue weighted by atomic mass is 9.78. The van der Waals surface area contributed by atoms with Crippen molar-refractivity contribution in [3.8, 4) is 33.4 Å². The zero-order valence-corrected chi connectivity index (χ0v) is 33.1. The molecule has 0 N–H and O–H groups in total. The van der Waals surface area contributed by atoms with E-state index in [0.29, 0.717) is 0 Å². The summed E-state index contributed by atoms with van der Waals surface area (Å²) in [6.45, 7) is 13.9. The van der Waals surface area contributed by atoms with Crippen molar-refractivity contribution in [1.29, 1.82) is 0 Å². The predicted molar refractivity (Wildman–Crippen MR) is 240 cm³/mol. The number of benzene rings is 8. The average Bonchev–Trinajstić information content (AvgIpc) is 3.59. The van der Waals surface area contributed by atoms with Crippen LogP contribution in [0.5, 0.6) is 0 Å². The van der Waals surface area contributed by atoms with Crippen LogP contribution in [-0.2, 0) is 10.8 Å². The van der Waals surface area contributed by atoms with E-state index >= 15 is 0 Å². The standard InChI is InChI=1S/C54H47NO/c1-53(2,3)40-32-39(33-41(34-40)54(4,5)6)44-22-14-18-38-19-15-23-47(52(38)44)45-20-10-12-24-49(45)55(42-28-26-37(27-29-42)36-16-8-7-9-17-36)43-30-31-51-48(35-43)46-21-11-13-25-50(46)56-51/h7-35H,1-6H3. The molecule has 274 valence electrons. The fourth-order valence-electron chi connectivity index (χ4n) is 8.07. The molecule has 9 aromatic rings. The topological polar surface area (TPSA) is 16.4 Å². The third kappa shape index (κ3) is 6.46. The molecule has 8 aromatic carbocycles. The molecule has 0 aliphatic carbocycles. The SMILES string of the molecule is CC(C)(C)c1cc(-c2cccc3cccc(-c4ccccc4N(c4ccc(-c5ccccc5)cc4)c4ccc5oc6ccccc6c5c4)c23)cc(C(C)(C)C)c1. The highest BCUT2D eigenvalue weighted by atomic mass is 16.3. The highest BCUT2D eigenvalue weighted by molar-refractivity contribution is 6.10. The van der Waals surface area contributed by atoms with Crippen LogP contribution in [-0.4, -0.2) is 0 Å². The fraction of sp³-hybridized carbons (Fsp3) is 0.148. The van der Waals surface area contributed by atoms with Gasteiger partial charge in [0, 0.05) is 27.7 Å². The van der Waals surface area contributed by atoms with Crippen molar-refractivity contribution in [3.63, 3.8) is 0 Å². The number of nitrogens with zero attached hydrogens (tertiary/aromatic N) is 1. The summed E-state index contributed by atoms with van der Waals surface area (Å²) in [5.74, 6) is 0. The molecule has 0 bridgehead atoms. The van der Waals surface area contributed by atoms with Gasteiger partial charge in [0.25, 0.3) is 0 Å². The van der Waals surface area contributed by atoms with E-state index < -0.39 is 0 Å². The Morgan fingerprint density at radius 3 is 1.68 bits per heavy atom. The van der Waals surface area contributed by atoms with Gasteiger partial charge < -0.3 is 9.32 Å². The molecule has 0 atom stereocenters. The summed E-state index contributed by atoms with van der Waals surface area (Å²) in [4.78, 5) is 2.41. The van der Waals surface area contributed by atoms with Gasteiger partial charge in [-0.05, 0) is 103 Å². The Morgan fingerprint density at radius 2 is 0.964 bits per heavy atom. The summed E-state index contributed by atoms with van der Waals surface area (Å²) in [6, 6.07) is 64.1. The van der Waals surface area contributed by atoms with E-state index in [1.54, 1.807) is 0 Å². The monoisotopic (exact) mass is 725 g/mol. The van der Waals surface area contributed by atoms with E-state index in [1.807, 2.05) is 12.1 Å². The van der Waals surface area contributed by atoms with Gasteiger partial charge in [0.05, 0.1) is 5.69 Å². The second-order valence-electron chi connectivity index (χ2n) is 17.1. The largest absolute Gasteiger partial charge is 0.456 e. The molecule has 0 fully saturated rings. The Kier molecular flexibility index (Phi) is 8.66. The van der Waals surface area contributed by atoms with Crippen LogP contribution in [0.1, 0.15) is 52.7 Å². The summed E-state index contributed by atoms with van der Waals surface area (Å²) in [5, 5.41) is 4.69. The van der Waals surface area contributed by atoms with Crippen LogP contribution < -0.4 is 4.90 Å². The lowest BCUT2D eigenvalue weighted by Gasteiger charge is -2.29. The van der Waals surface area contributed by atoms with Crippen molar-refractivity contribution < 1.29 is 4.42 Å². The summed E-state index contributed by atoms with van der Waals surface area (Å²) in [5.41, 5.74) is 15.0. The van der Waals surface area contributed by atoms with Gasteiger partial charge in [-0.3, -0.25) is 0 Å². The lowest BCUT2D eigenvalue weighted by molar-refractivity contribution is 0.569. The first-order valence-electron chi connectivity index (χ1n) is 19.7. The van der Waals surface area contributed by atoms with E-state index in [9.17, 15) is 0 Å². The molecule has 2 nitrogen and oxygen atoms in total. The molecule has 0 saturated carbocycles. The molecule has 0 aliphatic rings. The first-order valence-corrected chi connectivity index (χ1v) is 19.7. The van der Waals surface area contributed by atoms with Crippen LogP contribution in [0.15, 0.2) is 180 Å². The second-order valence-corrected chi connectivity index (χ2v) is 17.1. The maximum Gasteiger partial charge on any atom is 0.135 e. The molecule has 2 heteroatoms. The minimum absolute atomic E-state index is 0.00794. The van der Waals surface area contributed by atoms with Crippen molar-refractivity contribution >= 4 is 49.8 Å². The predicted octanol–water partition coefficient (Wildman–Crippen LogP) is 15.8. The first-order chi connectivity index (χ1) is 27.0. The molecule has 9 rings (SSSR count). The third-order valence-electron chi connectivity index (χ3n) is 11.2. The van der Waals surface area contributed by atoms with Crippen LogP contribution in [0.25, 0.3) is 66.1 Å². The highest BCUT2D eigenvalue weighted by Gasteiger charge is 2.24. The molecule has 1 aromatic heterocycles. The second kappa shape index (κ2) is 13.7. The fourth-order valence-corrected chi connectivity index (χ4v) is 8.07. The number of para-hydroxylation sites is 2. The summed E-state index contributed by atoms with van der Waals surface area (Å²) in [6.07, 6.45) is 0. The zero-order valence-electron chi connectivity index (χ0n) is 33.1. The van der Waals surface area contributed by atoms with Gasteiger partial charge in [0.1, 0.15) is 11.2 Å². The Labute approximate surface area is 330 Å². The van der Waals surface area contributed by atoms with Crippen LogP contribution in [0.2, 0.25) is 0 Å². The van der Waals surface area contributed by atoms with Gasteiger partial charge >= 0.3 is 0 Å². The number of rotatable bonds is 6. The molecule has 56 heavy (non-hydrogen) atoms. The molecule has 0 saturated heterocycles. The molecule has 0 aliphatic heterocycles. The van der Waals surface area contributed by atoms with Gasteiger partial charge in [-0.25, -0.2) is 0 Å². The van der Waals surface area contributed by atoms with E-state index in [4.69, 9.17) is 4.42 Å². The molecular formula is C54H47NO. The molecule has 0 spiro atoms. The van der Waals surface area contributed by atoms with Crippen molar-refractivity contribution in [1.82, 2.24) is 0 Å². The van der Waals surface area contributed by atoms with Crippen molar-refractivity contribution in [2.45, 2.75) is 52.4 Å². The lowest BCUT2D eigenvalue weighted by Crippen LogP contribution is -2.16. The van der Waals surface area contributed by atoms with Crippen molar-refractivity contribution in [2.75, 3.05) is 4.90 Å². The first kappa shape index (κ1) is 35.3. The number of hydrogen-bond donors (Lipinski definition) is 0. The Bertz CT molecular complexity index is 2830. The number of hydrogen-bond acceptors (Lipinski definition) is 2. The molecule has 0 amide bonds. The van der Waals surface area contributed by atoms with Crippen LogP contribution in [0, 0.1) is 0 Å². The minimum atomic E-state index is 0.00794. The van der Waals surface area contributed by atoms with E-state index in [1.165, 1.54) is 49.7 Å². The summed E-state index contributed by atoms with van der Waals surface area (Å²) >= 11 is 0. The Morgan fingerprint density at radius 1 is 0.393 bits per heavy atom. The van der Waals surface area contributed by atoms with Gasteiger partial charge in [-0.1, -0.05) is 175 Å². The highest BCUT2D eigenvalue weighted by Crippen LogP contribution is 2.46. The van der Waals surface area contributed by atoms with Crippen molar-refractivity contribution in [2.24, 2.45) is 0 Å². The summed E-state index contributed by atoms with van der Waals surface area (Å²) < 4.78 is 6.30. The van der Waals surface area contributed by atoms with E-state index in [0.717, 1.165) is 44.6 Å².